The average Bonchev–Trinajstić information content (AvgIpc) is 2.61. The van der Waals surface area contributed by atoms with Gasteiger partial charge < -0.3 is 14.8 Å². The fraction of sp³-hybridized carbons (Fsp3) is 0.263. The summed E-state index contributed by atoms with van der Waals surface area (Å²) in [4.78, 5) is 23.5. The van der Waals surface area contributed by atoms with Crippen molar-refractivity contribution in [3.8, 4) is 5.75 Å². The van der Waals surface area contributed by atoms with Crippen LogP contribution < -0.4 is 10.1 Å². The minimum Gasteiger partial charge on any atom is -0.482 e. The van der Waals surface area contributed by atoms with Crippen LogP contribution in [0.15, 0.2) is 42.5 Å². The van der Waals surface area contributed by atoms with Crippen LogP contribution in [0.2, 0.25) is 5.02 Å². The molecule has 0 aliphatic carbocycles. The lowest BCUT2D eigenvalue weighted by molar-refractivity contribution is -0.149. The van der Waals surface area contributed by atoms with Crippen LogP contribution >= 0.6 is 11.6 Å². The van der Waals surface area contributed by atoms with E-state index in [9.17, 15) is 14.0 Å². The van der Waals surface area contributed by atoms with Gasteiger partial charge in [-0.3, -0.25) is 4.79 Å². The van der Waals surface area contributed by atoms with E-state index in [0.717, 1.165) is 11.6 Å². The average molecular weight is 380 g/mol. The van der Waals surface area contributed by atoms with Crippen LogP contribution in [0.5, 0.6) is 5.75 Å². The molecule has 0 bridgehead atoms. The molecule has 0 fully saturated rings. The second kappa shape index (κ2) is 9.20. The number of benzene rings is 2. The molecule has 0 radical (unpaired) electrons. The van der Waals surface area contributed by atoms with E-state index >= 15 is 0 Å². The van der Waals surface area contributed by atoms with Gasteiger partial charge in [0.15, 0.2) is 13.2 Å². The monoisotopic (exact) mass is 379 g/mol. The number of carbonyl (C=O) groups is 2. The Morgan fingerprint density at radius 1 is 1.15 bits per heavy atom. The van der Waals surface area contributed by atoms with Gasteiger partial charge in [-0.05, 0) is 35.7 Å². The molecule has 0 aliphatic rings. The summed E-state index contributed by atoms with van der Waals surface area (Å²) in [5.41, 5.74) is 1.28. The molecule has 7 heteroatoms. The Morgan fingerprint density at radius 3 is 2.58 bits per heavy atom. The smallest absolute Gasteiger partial charge is 0.344 e. The fourth-order valence-electron chi connectivity index (χ4n) is 2.18. The maximum Gasteiger partial charge on any atom is 0.344 e. The molecule has 0 atom stereocenters. The van der Waals surface area contributed by atoms with E-state index < -0.39 is 24.3 Å². The van der Waals surface area contributed by atoms with Gasteiger partial charge in [-0.25, -0.2) is 9.18 Å². The van der Waals surface area contributed by atoms with Crippen molar-refractivity contribution in [1.82, 2.24) is 0 Å². The van der Waals surface area contributed by atoms with Crippen LogP contribution in [0, 0.1) is 5.82 Å². The Hall–Kier alpha value is -2.60. The van der Waals surface area contributed by atoms with Gasteiger partial charge in [0.2, 0.25) is 0 Å². The van der Waals surface area contributed by atoms with Crippen molar-refractivity contribution in [1.29, 1.82) is 0 Å². The number of rotatable bonds is 7. The Bertz CT molecular complexity index is 795. The lowest BCUT2D eigenvalue weighted by Gasteiger charge is -2.13. The molecule has 0 saturated heterocycles. The van der Waals surface area contributed by atoms with E-state index in [0.29, 0.717) is 11.4 Å². The van der Waals surface area contributed by atoms with Gasteiger partial charge in [-0.1, -0.05) is 43.6 Å². The summed E-state index contributed by atoms with van der Waals surface area (Å²) in [6.07, 6.45) is 0. The normalized spacial score (nSPS) is 10.5. The first-order chi connectivity index (χ1) is 12.4. The predicted molar refractivity (Wildman–Crippen MR) is 97.0 cm³/mol. The lowest BCUT2D eigenvalue weighted by Crippen LogP contribution is -2.23. The number of nitrogens with one attached hydrogen (secondary N) is 1. The second-order valence-electron chi connectivity index (χ2n) is 5.82. The van der Waals surface area contributed by atoms with Crippen LogP contribution in [-0.2, 0) is 14.3 Å². The highest BCUT2D eigenvalue weighted by Crippen LogP contribution is 2.25. The molecule has 0 unspecified atom stereocenters. The standard InChI is InChI=1S/C19H19ClFNO4/c1-12(2)14-5-3-4-6-17(14)25-11-19(24)26-10-18(23)22-13-7-8-16(21)15(20)9-13/h3-9,12H,10-11H2,1-2H3,(H,22,23). The third kappa shape index (κ3) is 5.74. The fourth-order valence-corrected chi connectivity index (χ4v) is 2.36. The predicted octanol–water partition coefficient (Wildman–Crippen LogP) is 4.16. The molecule has 0 saturated carbocycles. The van der Waals surface area contributed by atoms with E-state index in [1.165, 1.54) is 12.1 Å². The van der Waals surface area contributed by atoms with Gasteiger partial charge in [0.25, 0.3) is 5.91 Å². The second-order valence-corrected chi connectivity index (χ2v) is 6.23. The molecule has 138 valence electrons. The largest absolute Gasteiger partial charge is 0.482 e. The molecule has 0 spiro atoms. The molecule has 0 heterocycles. The number of carbonyl (C=O) groups excluding carboxylic acids is 2. The SMILES string of the molecule is CC(C)c1ccccc1OCC(=O)OCC(=O)Nc1ccc(F)c(Cl)c1. The van der Waals surface area contributed by atoms with Gasteiger partial charge in [-0.15, -0.1) is 0 Å². The minimum atomic E-state index is -0.671. The number of ether oxygens (including phenoxy) is 2. The molecular formula is C19H19ClFNO4. The summed E-state index contributed by atoms with van der Waals surface area (Å²) in [6, 6.07) is 11.2. The van der Waals surface area contributed by atoms with Crippen molar-refractivity contribution in [3.05, 3.63) is 58.9 Å². The zero-order valence-electron chi connectivity index (χ0n) is 14.4. The van der Waals surface area contributed by atoms with Gasteiger partial charge >= 0.3 is 5.97 Å². The zero-order chi connectivity index (χ0) is 19.1. The van der Waals surface area contributed by atoms with Crippen molar-refractivity contribution >= 4 is 29.2 Å². The maximum atomic E-state index is 13.1. The number of para-hydroxylation sites is 1. The summed E-state index contributed by atoms with van der Waals surface area (Å²) in [5, 5.41) is 2.34. The van der Waals surface area contributed by atoms with E-state index in [4.69, 9.17) is 21.1 Å². The maximum absolute atomic E-state index is 13.1. The van der Waals surface area contributed by atoms with E-state index in [-0.39, 0.29) is 17.5 Å². The molecule has 2 aromatic rings. The lowest BCUT2D eigenvalue weighted by atomic mass is 10.0. The number of halogens is 2. The summed E-state index contributed by atoms with van der Waals surface area (Å²) < 4.78 is 23.4. The van der Waals surface area contributed by atoms with Crippen molar-refractivity contribution in [2.45, 2.75) is 19.8 Å². The molecule has 0 aliphatic heterocycles. The van der Waals surface area contributed by atoms with E-state index in [1.807, 2.05) is 32.0 Å². The summed E-state index contributed by atoms with van der Waals surface area (Å²) in [7, 11) is 0. The van der Waals surface area contributed by atoms with Gasteiger partial charge in [0.05, 0.1) is 5.02 Å². The highest BCUT2D eigenvalue weighted by molar-refractivity contribution is 6.31. The van der Waals surface area contributed by atoms with Gasteiger partial charge in [-0.2, -0.15) is 0 Å². The molecule has 1 amide bonds. The van der Waals surface area contributed by atoms with Crippen LogP contribution in [0.25, 0.3) is 0 Å². The van der Waals surface area contributed by atoms with E-state index in [1.54, 1.807) is 6.07 Å². The molecule has 2 rings (SSSR count). The molecule has 0 aromatic heterocycles. The van der Waals surface area contributed by atoms with Crippen LogP contribution in [-0.4, -0.2) is 25.1 Å². The Kier molecular flexibility index (Phi) is 6.97. The van der Waals surface area contributed by atoms with Gasteiger partial charge in [0, 0.05) is 5.69 Å². The first-order valence-corrected chi connectivity index (χ1v) is 8.37. The molecular weight excluding hydrogens is 361 g/mol. The van der Waals surface area contributed by atoms with Crippen molar-refractivity contribution in [2.24, 2.45) is 0 Å². The number of hydrogen-bond donors (Lipinski definition) is 1. The van der Waals surface area contributed by atoms with Crippen molar-refractivity contribution in [2.75, 3.05) is 18.5 Å². The summed E-state index contributed by atoms with van der Waals surface area (Å²) in [5.74, 6) is -0.977. The molecule has 1 N–H and O–H groups in total. The zero-order valence-corrected chi connectivity index (χ0v) is 15.2. The van der Waals surface area contributed by atoms with Crippen molar-refractivity contribution < 1.29 is 23.5 Å². The van der Waals surface area contributed by atoms with Crippen LogP contribution in [0.1, 0.15) is 25.3 Å². The number of amides is 1. The highest BCUT2D eigenvalue weighted by Gasteiger charge is 2.12. The summed E-state index contributed by atoms with van der Waals surface area (Å²) >= 11 is 5.63. The molecule has 2 aromatic carbocycles. The third-order valence-corrected chi connectivity index (χ3v) is 3.74. The minimum absolute atomic E-state index is 0.114. The summed E-state index contributed by atoms with van der Waals surface area (Å²) in [6.45, 7) is 3.25. The highest BCUT2D eigenvalue weighted by atomic mass is 35.5. The van der Waals surface area contributed by atoms with Crippen LogP contribution in [0.4, 0.5) is 10.1 Å². The third-order valence-electron chi connectivity index (χ3n) is 3.45. The van der Waals surface area contributed by atoms with Crippen LogP contribution in [0.3, 0.4) is 0 Å². The number of esters is 1. The molecule has 26 heavy (non-hydrogen) atoms. The van der Waals surface area contributed by atoms with E-state index in [2.05, 4.69) is 5.32 Å². The van der Waals surface area contributed by atoms with Crippen molar-refractivity contribution in [3.63, 3.8) is 0 Å². The number of hydrogen-bond acceptors (Lipinski definition) is 4. The first kappa shape index (κ1) is 19.7. The topological polar surface area (TPSA) is 64.6 Å². The quantitative estimate of drug-likeness (QED) is 0.733. The van der Waals surface area contributed by atoms with Gasteiger partial charge in [0.1, 0.15) is 11.6 Å². The first-order valence-electron chi connectivity index (χ1n) is 7.99. The Labute approximate surface area is 156 Å². The number of anilines is 1. The molecule has 5 nitrogen and oxygen atoms in total. The Morgan fingerprint density at radius 2 is 1.88 bits per heavy atom. The Balaban J connectivity index is 1.79.